The fourth-order valence-electron chi connectivity index (χ4n) is 3.66. The van der Waals surface area contributed by atoms with E-state index in [1.165, 1.54) is 0 Å². The molecule has 35 heavy (non-hydrogen) atoms. The number of nitrogens with one attached hydrogen (secondary N) is 2. The van der Waals surface area contributed by atoms with E-state index in [2.05, 4.69) is 10.6 Å². The zero-order valence-electron chi connectivity index (χ0n) is 19.3. The Labute approximate surface area is 229 Å². The average molecular weight is 698 g/mol. The molecular weight excluding hydrogens is 674 g/mol. The van der Waals surface area contributed by atoms with Gasteiger partial charge in [-0.05, 0) is 102 Å². The molecule has 0 bridgehead atoms. The van der Waals surface area contributed by atoms with E-state index in [-0.39, 0.29) is 12.2 Å². The van der Waals surface area contributed by atoms with Crippen LogP contribution >= 0.6 is 45.2 Å². The lowest BCUT2D eigenvalue weighted by atomic mass is 10.0. The largest absolute Gasteiger partial charge is 0.506 e. The molecule has 0 aliphatic heterocycles. The first kappa shape index (κ1) is 25.5. The third-order valence-electron chi connectivity index (χ3n) is 5.17. The van der Waals surface area contributed by atoms with Gasteiger partial charge in [0.1, 0.15) is 28.6 Å². The minimum atomic E-state index is -0.910. The molecular formula is C26H24I2N2O5. The van der Waals surface area contributed by atoms with Gasteiger partial charge in [0.15, 0.2) is 0 Å². The quantitative estimate of drug-likeness (QED) is 0.205. The molecule has 9 heteroatoms. The molecule has 4 aromatic rings. The number of alkyl carbamates (subject to hydrolysis) is 1. The van der Waals surface area contributed by atoms with Gasteiger partial charge in [-0.1, -0.05) is 18.2 Å². The number of furan rings is 1. The summed E-state index contributed by atoms with van der Waals surface area (Å²) >= 11 is 4.07. The highest BCUT2D eigenvalue weighted by Crippen LogP contribution is 2.31. The second-order valence-electron chi connectivity index (χ2n) is 9.11. The third-order valence-corrected chi connectivity index (χ3v) is 6.81. The van der Waals surface area contributed by atoms with Crippen molar-refractivity contribution in [3.05, 3.63) is 67.3 Å². The van der Waals surface area contributed by atoms with Gasteiger partial charge in [-0.3, -0.25) is 4.79 Å². The van der Waals surface area contributed by atoms with E-state index in [1.807, 2.05) is 75.5 Å². The van der Waals surface area contributed by atoms with Gasteiger partial charge in [-0.15, -0.1) is 0 Å². The lowest BCUT2D eigenvalue weighted by Gasteiger charge is -2.23. The van der Waals surface area contributed by atoms with Crippen LogP contribution in [-0.2, 0) is 16.0 Å². The molecule has 0 aliphatic rings. The van der Waals surface area contributed by atoms with Crippen molar-refractivity contribution >= 4 is 84.8 Å². The van der Waals surface area contributed by atoms with Crippen molar-refractivity contribution in [1.82, 2.24) is 5.32 Å². The number of phenolic OH excluding ortho intramolecular Hbond substituents is 1. The summed E-state index contributed by atoms with van der Waals surface area (Å²) in [5, 5.41) is 17.6. The van der Waals surface area contributed by atoms with Crippen molar-refractivity contribution in [2.24, 2.45) is 0 Å². The molecule has 0 unspecified atom stereocenters. The van der Waals surface area contributed by atoms with Gasteiger partial charge in [-0.2, -0.15) is 0 Å². The van der Waals surface area contributed by atoms with E-state index in [9.17, 15) is 14.7 Å². The Bertz CT molecular complexity index is 1400. The van der Waals surface area contributed by atoms with Crippen LogP contribution in [0.1, 0.15) is 26.3 Å². The molecule has 0 saturated heterocycles. The number of fused-ring (bicyclic) bond motifs is 3. The number of aromatic hydroxyl groups is 1. The van der Waals surface area contributed by atoms with Crippen LogP contribution in [0.5, 0.6) is 5.75 Å². The Morgan fingerprint density at radius 1 is 1.00 bits per heavy atom. The summed E-state index contributed by atoms with van der Waals surface area (Å²) in [7, 11) is 0. The normalized spacial score (nSPS) is 12.5. The zero-order valence-corrected chi connectivity index (χ0v) is 23.6. The molecule has 0 aliphatic carbocycles. The number of anilines is 1. The highest BCUT2D eigenvalue weighted by atomic mass is 127. The first-order valence-corrected chi connectivity index (χ1v) is 13.0. The second kappa shape index (κ2) is 10.2. The van der Waals surface area contributed by atoms with Crippen LogP contribution in [0, 0.1) is 7.14 Å². The maximum absolute atomic E-state index is 13.3. The van der Waals surface area contributed by atoms with Gasteiger partial charge >= 0.3 is 6.09 Å². The van der Waals surface area contributed by atoms with Crippen molar-refractivity contribution < 1.29 is 23.8 Å². The minimum Gasteiger partial charge on any atom is -0.506 e. The van der Waals surface area contributed by atoms with Crippen LogP contribution < -0.4 is 10.6 Å². The molecule has 0 radical (unpaired) electrons. The van der Waals surface area contributed by atoms with E-state index >= 15 is 0 Å². The molecule has 1 aromatic heterocycles. The summed E-state index contributed by atoms with van der Waals surface area (Å²) in [5.74, 6) is -0.209. The summed E-state index contributed by atoms with van der Waals surface area (Å²) in [5.41, 5.74) is 2.06. The second-order valence-corrected chi connectivity index (χ2v) is 11.4. The Hall–Kier alpha value is -2.54. The predicted molar refractivity (Wildman–Crippen MR) is 153 cm³/mol. The lowest BCUT2D eigenvalue weighted by Crippen LogP contribution is -2.47. The number of phenols is 1. The van der Waals surface area contributed by atoms with Gasteiger partial charge in [0, 0.05) is 28.9 Å². The van der Waals surface area contributed by atoms with Crippen molar-refractivity contribution in [2.45, 2.75) is 38.8 Å². The molecule has 0 spiro atoms. The Morgan fingerprint density at radius 2 is 1.66 bits per heavy atom. The maximum Gasteiger partial charge on any atom is 0.408 e. The molecule has 182 valence electrons. The molecule has 1 heterocycles. The molecule has 0 saturated carbocycles. The van der Waals surface area contributed by atoms with Gasteiger partial charge in [0.25, 0.3) is 0 Å². The van der Waals surface area contributed by atoms with Gasteiger partial charge < -0.3 is 24.9 Å². The monoisotopic (exact) mass is 698 g/mol. The maximum atomic E-state index is 13.3. The van der Waals surface area contributed by atoms with Crippen LogP contribution in [0.3, 0.4) is 0 Å². The topological polar surface area (TPSA) is 101 Å². The number of halogens is 2. The molecule has 3 N–H and O–H groups in total. The smallest absolute Gasteiger partial charge is 0.408 e. The zero-order chi connectivity index (χ0) is 25.3. The standard InChI is InChI=1S/C26H24I2N2O5/c1-26(2,3)35-25(33)30-20(12-14-10-18(27)23(31)19(28)11-14)24(32)29-15-8-9-17-16-6-4-5-7-21(16)34-22(17)13-15/h4-11,13,20,31H,12H2,1-3H3,(H,29,32)(H,30,33)/t20-/m0/s1. The van der Waals surface area contributed by atoms with E-state index in [0.717, 1.165) is 21.9 Å². The number of benzene rings is 3. The summed E-state index contributed by atoms with van der Waals surface area (Å²) in [6.07, 6.45) is -0.474. The van der Waals surface area contributed by atoms with Gasteiger partial charge in [-0.25, -0.2) is 4.79 Å². The van der Waals surface area contributed by atoms with Crippen molar-refractivity contribution in [2.75, 3.05) is 5.32 Å². The van der Waals surface area contributed by atoms with Crippen LogP contribution in [0.2, 0.25) is 0 Å². The number of hydrogen-bond acceptors (Lipinski definition) is 5. The molecule has 4 rings (SSSR count). The highest BCUT2D eigenvalue weighted by Gasteiger charge is 2.26. The first-order chi connectivity index (χ1) is 16.5. The van der Waals surface area contributed by atoms with Crippen molar-refractivity contribution in [3.63, 3.8) is 0 Å². The Balaban J connectivity index is 1.59. The summed E-state index contributed by atoms with van der Waals surface area (Å²) in [4.78, 5) is 25.8. The summed E-state index contributed by atoms with van der Waals surface area (Å²) in [6, 6.07) is 15.9. The van der Waals surface area contributed by atoms with E-state index in [0.29, 0.717) is 18.4 Å². The number of carbonyl (C=O) groups is 2. The van der Waals surface area contributed by atoms with Crippen LogP contribution in [0.15, 0.2) is 59.0 Å². The van der Waals surface area contributed by atoms with Gasteiger partial charge in [0.2, 0.25) is 5.91 Å². The third kappa shape index (κ3) is 6.18. The Kier molecular flexibility index (Phi) is 7.46. The van der Waals surface area contributed by atoms with Gasteiger partial charge in [0.05, 0.1) is 7.14 Å². The van der Waals surface area contributed by atoms with Crippen LogP contribution in [0.25, 0.3) is 21.9 Å². The number of para-hydroxylation sites is 1. The number of amides is 2. The summed E-state index contributed by atoms with van der Waals surface area (Å²) < 4.78 is 12.6. The number of hydrogen-bond donors (Lipinski definition) is 3. The van der Waals surface area contributed by atoms with E-state index in [1.54, 1.807) is 45.0 Å². The van der Waals surface area contributed by atoms with Crippen LogP contribution in [0.4, 0.5) is 10.5 Å². The molecule has 1 atom stereocenters. The van der Waals surface area contributed by atoms with Crippen molar-refractivity contribution in [3.8, 4) is 5.75 Å². The average Bonchev–Trinajstić information content (AvgIpc) is 3.13. The fourth-order valence-corrected chi connectivity index (χ4v) is 5.56. The summed E-state index contributed by atoms with van der Waals surface area (Å²) in [6.45, 7) is 5.28. The van der Waals surface area contributed by atoms with E-state index < -0.39 is 23.6 Å². The lowest BCUT2D eigenvalue weighted by molar-refractivity contribution is -0.118. The SMILES string of the molecule is CC(C)(C)OC(=O)N[C@@H](Cc1cc(I)c(O)c(I)c1)C(=O)Nc1ccc2c(c1)oc1ccccc12. The molecule has 7 nitrogen and oxygen atoms in total. The first-order valence-electron chi connectivity index (χ1n) is 10.9. The Morgan fingerprint density at radius 3 is 2.34 bits per heavy atom. The molecule has 3 aromatic carbocycles. The molecule has 0 fully saturated rings. The molecule has 2 amide bonds. The number of ether oxygens (including phenoxy) is 1. The van der Waals surface area contributed by atoms with E-state index in [4.69, 9.17) is 9.15 Å². The van der Waals surface area contributed by atoms with Crippen LogP contribution in [-0.4, -0.2) is 28.7 Å². The highest BCUT2D eigenvalue weighted by molar-refractivity contribution is 14.1. The number of carbonyl (C=O) groups excluding carboxylic acids is 2. The fraction of sp³-hybridized carbons (Fsp3) is 0.231. The number of rotatable bonds is 5. The van der Waals surface area contributed by atoms with Crippen molar-refractivity contribution in [1.29, 1.82) is 0 Å². The predicted octanol–water partition coefficient (Wildman–Crippen LogP) is 6.58. The minimum absolute atomic E-state index is 0.190.